The summed E-state index contributed by atoms with van der Waals surface area (Å²) in [6, 6.07) is 0. The summed E-state index contributed by atoms with van der Waals surface area (Å²) in [6.07, 6.45) is 8.81. The van der Waals surface area contributed by atoms with Gasteiger partial charge in [-0.15, -0.1) is 0 Å². The second-order valence-electron chi connectivity index (χ2n) is 10.6. The molecule has 0 radical (unpaired) electrons. The molecule has 4 rings (SSSR count). The normalized spacial score (nSPS) is 47.5. The summed E-state index contributed by atoms with van der Waals surface area (Å²) in [5.41, 5.74) is 1.68. The summed E-state index contributed by atoms with van der Waals surface area (Å²) in [4.78, 5) is 23.1. The van der Waals surface area contributed by atoms with Gasteiger partial charge >= 0.3 is 11.9 Å². The third-order valence-corrected chi connectivity index (χ3v) is 9.00. The third-order valence-electron chi connectivity index (χ3n) is 9.00. The monoisotopic (exact) mass is 388 g/mol. The van der Waals surface area contributed by atoms with E-state index in [1.807, 2.05) is 0 Å². The summed E-state index contributed by atoms with van der Waals surface area (Å²) >= 11 is 0. The van der Waals surface area contributed by atoms with E-state index in [0.29, 0.717) is 23.7 Å². The molecule has 0 aromatic rings. The quantitative estimate of drug-likeness (QED) is 0.490. The molecule has 0 aromatic heterocycles. The smallest absolute Gasteiger partial charge is 0.302 e. The second-order valence-corrected chi connectivity index (χ2v) is 10.6. The lowest BCUT2D eigenvalue weighted by Crippen LogP contribution is -2.55. The van der Waals surface area contributed by atoms with Crippen molar-refractivity contribution in [1.82, 2.24) is 0 Å². The van der Waals surface area contributed by atoms with Crippen LogP contribution in [-0.2, 0) is 19.1 Å². The van der Waals surface area contributed by atoms with Gasteiger partial charge in [0.25, 0.3) is 0 Å². The van der Waals surface area contributed by atoms with E-state index in [9.17, 15) is 9.59 Å². The van der Waals surface area contributed by atoms with Crippen LogP contribution in [0.2, 0.25) is 0 Å². The summed E-state index contributed by atoms with van der Waals surface area (Å²) in [6.45, 7) is 12.5. The number of ether oxygens (including phenoxy) is 2. The first kappa shape index (κ1) is 20.0. The zero-order chi connectivity index (χ0) is 20.3. The highest BCUT2D eigenvalue weighted by Crippen LogP contribution is 2.67. The molecule has 0 saturated heterocycles. The zero-order valence-electron chi connectivity index (χ0n) is 18.0. The van der Waals surface area contributed by atoms with Crippen LogP contribution in [0.5, 0.6) is 0 Å². The molecule has 4 nitrogen and oxygen atoms in total. The number of fused-ring (bicyclic) bond motifs is 5. The Hall–Kier alpha value is -1.32. The summed E-state index contributed by atoms with van der Waals surface area (Å²) in [5, 5.41) is 0. The predicted molar refractivity (Wildman–Crippen MR) is 107 cm³/mol. The number of carbonyl (C=O) groups excluding carboxylic acids is 2. The maximum atomic E-state index is 11.6. The number of hydrogen-bond donors (Lipinski definition) is 0. The molecule has 8 atom stereocenters. The lowest BCUT2D eigenvalue weighted by atomic mass is 9.44. The van der Waals surface area contributed by atoms with Gasteiger partial charge in [0.1, 0.15) is 12.2 Å². The van der Waals surface area contributed by atoms with Gasteiger partial charge in [0.05, 0.1) is 0 Å². The first-order chi connectivity index (χ1) is 13.1. The van der Waals surface area contributed by atoms with E-state index in [-0.39, 0.29) is 35.0 Å². The maximum absolute atomic E-state index is 11.6. The molecule has 4 saturated carbocycles. The van der Waals surface area contributed by atoms with Crippen molar-refractivity contribution in [2.75, 3.05) is 0 Å². The van der Waals surface area contributed by atoms with Gasteiger partial charge in [0, 0.05) is 19.3 Å². The van der Waals surface area contributed by atoms with Crippen molar-refractivity contribution < 1.29 is 19.1 Å². The Morgan fingerprint density at radius 1 is 0.964 bits per heavy atom. The highest BCUT2D eigenvalue weighted by Gasteiger charge is 2.62. The molecule has 0 amide bonds. The van der Waals surface area contributed by atoms with Gasteiger partial charge in [0.15, 0.2) is 0 Å². The highest BCUT2D eigenvalue weighted by atomic mass is 16.5. The Morgan fingerprint density at radius 3 is 2.36 bits per heavy atom. The molecule has 0 aromatic carbocycles. The van der Waals surface area contributed by atoms with Gasteiger partial charge in [-0.05, 0) is 80.5 Å². The molecule has 0 unspecified atom stereocenters. The average molecular weight is 389 g/mol. The fourth-order valence-corrected chi connectivity index (χ4v) is 8.00. The second kappa shape index (κ2) is 6.88. The molecular formula is C24H36O4. The Labute approximate surface area is 169 Å². The van der Waals surface area contributed by atoms with Crippen LogP contribution in [0.1, 0.15) is 79.1 Å². The zero-order valence-corrected chi connectivity index (χ0v) is 18.0. The Balaban J connectivity index is 1.57. The summed E-state index contributed by atoms with van der Waals surface area (Å²) in [5.74, 6) is 2.13. The lowest BCUT2D eigenvalue weighted by molar-refractivity contribution is -0.160. The minimum Gasteiger partial charge on any atom is -0.463 e. The van der Waals surface area contributed by atoms with Gasteiger partial charge in [-0.2, -0.15) is 0 Å². The first-order valence-electron chi connectivity index (χ1n) is 11.2. The summed E-state index contributed by atoms with van der Waals surface area (Å²) < 4.78 is 11.3. The molecule has 4 aliphatic rings. The number of rotatable bonds is 2. The van der Waals surface area contributed by atoms with Crippen molar-refractivity contribution >= 4 is 11.9 Å². The van der Waals surface area contributed by atoms with Gasteiger partial charge in [-0.25, -0.2) is 0 Å². The van der Waals surface area contributed by atoms with Gasteiger partial charge in [0.2, 0.25) is 0 Å². The molecule has 0 heterocycles. The number of hydrogen-bond acceptors (Lipinski definition) is 4. The number of carbonyl (C=O) groups is 2. The van der Waals surface area contributed by atoms with Crippen LogP contribution in [-0.4, -0.2) is 24.1 Å². The number of allylic oxidation sites excluding steroid dienone is 1. The lowest BCUT2D eigenvalue weighted by Gasteiger charge is -2.61. The minimum absolute atomic E-state index is 0.0398. The van der Waals surface area contributed by atoms with Crippen molar-refractivity contribution in [3.05, 3.63) is 12.2 Å². The Morgan fingerprint density at radius 2 is 1.68 bits per heavy atom. The van der Waals surface area contributed by atoms with Crippen LogP contribution in [0.3, 0.4) is 0 Å². The van der Waals surface area contributed by atoms with Gasteiger partial charge in [-0.3, -0.25) is 9.59 Å². The van der Waals surface area contributed by atoms with E-state index >= 15 is 0 Å². The van der Waals surface area contributed by atoms with Crippen LogP contribution in [0.15, 0.2) is 12.2 Å². The molecular weight excluding hydrogens is 352 g/mol. The van der Waals surface area contributed by atoms with Crippen molar-refractivity contribution in [3.63, 3.8) is 0 Å². The van der Waals surface area contributed by atoms with Crippen LogP contribution in [0.4, 0.5) is 0 Å². The molecule has 4 heteroatoms. The SMILES string of the molecule is C=C1C[C@@]2(C)[C@H](CC[C@H]2OC(C)=O)[C@@H]2CC[C@H]3C[C@H](OC(C)=O)CC[C@]3(C)[C@H]12. The van der Waals surface area contributed by atoms with E-state index in [0.717, 1.165) is 32.1 Å². The van der Waals surface area contributed by atoms with Crippen molar-refractivity contribution in [3.8, 4) is 0 Å². The highest BCUT2D eigenvalue weighted by molar-refractivity contribution is 5.66. The molecule has 4 aliphatic carbocycles. The van der Waals surface area contributed by atoms with Crippen molar-refractivity contribution in [1.29, 1.82) is 0 Å². The molecule has 4 fully saturated rings. The predicted octanol–water partition coefficient (Wildman–Crippen LogP) is 5.06. The van der Waals surface area contributed by atoms with Crippen molar-refractivity contribution in [2.24, 2.45) is 34.5 Å². The minimum atomic E-state index is -0.154. The fraction of sp³-hybridized carbons (Fsp3) is 0.833. The first-order valence-corrected chi connectivity index (χ1v) is 11.2. The Kier molecular flexibility index (Phi) is 4.91. The van der Waals surface area contributed by atoms with Gasteiger partial charge < -0.3 is 9.47 Å². The largest absolute Gasteiger partial charge is 0.463 e. The van der Waals surface area contributed by atoms with Crippen LogP contribution < -0.4 is 0 Å². The average Bonchev–Trinajstić information content (AvgIpc) is 2.90. The third kappa shape index (κ3) is 3.02. The molecule has 0 N–H and O–H groups in total. The molecule has 0 spiro atoms. The van der Waals surface area contributed by atoms with Crippen LogP contribution in [0.25, 0.3) is 0 Å². The topological polar surface area (TPSA) is 52.6 Å². The van der Waals surface area contributed by atoms with Crippen LogP contribution in [0, 0.1) is 34.5 Å². The Bertz CT molecular complexity index is 684. The standard InChI is InChI=1S/C24H36O4/c1-14-13-24(5)20(8-9-21(24)28-16(3)26)19-7-6-17-12-18(27-15(2)25)10-11-23(17,4)22(14)19/h17-22H,1,6-13H2,2-5H3/t17-,18+,19-,20+,21+,22+,23-,24-/m0/s1. The number of esters is 2. The van der Waals surface area contributed by atoms with Gasteiger partial charge in [-0.1, -0.05) is 26.0 Å². The maximum Gasteiger partial charge on any atom is 0.302 e. The van der Waals surface area contributed by atoms with E-state index < -0.39 is 0 Å². The fourth-order valence-electron chi connectivity index (χ4n) is 8.00. The summed E-state index contributed by atoms with van der Waals surface area (Å²) in [7, 11) is 0. The van der Waals surface area contributed by atoms with Crippen molar-refractivity contribution in [2.45, 2.75) is 91.3 Å². The molecule has 156 valence electrons. The molecule has 0 aliphatic heterocycles. The van der Waals surface area contributed by atoms with E-state index in [2.05, 4.69) is 20.4 Å². The molecule has 0 bridgehead atoms. The van der Waals surface area contributed by atoms with E-state index in [4.69, 9.17) is 9.47 Å². The van der Waals surface area contributed by atoms with E-state index in [1.165, 1.54) is 38.7 Å². The van der Waals surface area contributed by atoms with Crippen LogP contribution >= 0.6 is 0 Å². The van der Waals surface area contributed by atoms with E-state index in [1.54, 1.807) is 0 Å². The molecule has 28 heavy (non-hydrogen) atoms.